The van der Waals surface area contributed by atoms with Crippen molar-refractivity contribution >= 4 is 18.3 Å². The van der Waals surface area contributed by atoms with Crippen molar-refractivity contribution in [2.45, 2.75) is 45.6 Å². The predicted octanol–water partition coefficient (Wildman–Crippen LogP) is 1.71. The van der Waals surface area contributed by atoms with Gasteiger partial charge in [0.2, 0.25) is 5.91 Å². The van der Waals surface area contributed by atoms with E-state index in [1.165, 1.54) is 12.8 Å². The summed E-state index contributed by atoms with van der Waals surface area (Å²) in [4.78, 5) is 12.0. The maximum absolute atomic E-state index is 12.0. The summed E-state index contributed by atoms with van der Waals surface area (Å²) in [5.74, 6) is 0.883. The standard InChI is InChI=1S/C12H22N2O.ClH/c1-9-4-7-13-8-10(9)14-11(15)12(2)5-3-6-12;/h9-10,13H,3-8H2,1-2H3,(H,14,15);1H. The third-order valence-electron chi connectivity index (χ3n) is 4.15. The summed E-state index contributed by atoms with van der Waals surface area (Å²) in [6, 6.07) is 0.337. The van der Waals surface area contributed by atoms with E-state index < -0.39 is 0 Å². The maximum atomic E-state index is 12.0. The van der Waals surface area contributed by atoms with Crippen LogP contribution in [0.5, 0.6) is 0 Å². The van der Waals surface area contributed by atoms with Gasteiger partial charge in [-0.1, -0.05) is 20.3 Å². The van der Waals surface area contributed by atoms with Gasteiger partial charge in [0.05, 0.1) is 0 Å². The monoisotopic (exact) mass is 246 g/mol. The summed E-state index contributed by atoms with van der Waals surface area (Å²) < 4.78 is 0. The fourth-order valence-electron chi connectivity index (χ4n) is 2.46. The molecule has 1 amide bonds. The van der Waals surface area contributed by atoms with Crippen LogP contribution in [0.25, 0.3) is 0 Å². The first-order chi connectivity index (χ1) is 7.12. The lowest BCUT2D eigenvalue weighted by Gasteiger charge is -2.39. The highest BCUT2D eigenvalue weighted by atomic mass is 35.5. The van der Waals surface area contributed by atoms with Gasteiger partial charge in [-0.3, -0.25) is 4.79 Å². The number of rotatable bonds is 2. The molecule has 0 aromatic carbocycles. The van der Waals surface area contributed by atoms with Crippen molar-refractivity contribution in [1.29, 1.82) is 0 Å². The van der Waals surface area contributed by atoms with E-state index in [9.17, 15) is 4.79 Å². The van der Waals surface area contributed by atoms with Crippen molar-refractivity contribution in [2.24, 2.45) is 11.3 Å². The molecule has 2 N–H and O–H groups in total. The van der Waals surface area contributed by atoms with E-state index in [4.69, 9.17) is 0 Å². The van der Waals surface area contributed by atoms with E-state index in [0.29, 0.717) is 12.0 Å². The van der Waals surface area contributed by atoms with Gasteiger partial charge in [-0.2, -0.15) is 0 Å². The summed E-state index contributed by atoms with van der Waals surface area (Å²) in [6.07, 6.45) is 4.50. The molecular formula is C12H23ClN2O. The minimum absolute atomic E-state index is 0. The molecule has 4 heteroatoms. The third-order valence-corrected chi connectivity index (χ3v) is 4.15. The lowest BCUT2D eigenvalue weighted by atomic mass is 9.69. The highest BCUT2D eigenvalue weighted by molar-refractivity contribution is 5.85. The zero-order valence-electron chi connectivity index (χ0n) is 10.2. The molecule has 1 aliphatic heterocycles. The Labute approximate surface area is 104 Å². The molecule has 0 radical (unpaired) electrons. The van der Waals surface area contributed by atoms with Crippen LogP contribution in [0, 0.1) is 11.3 Å². The molecule has 2 aliphatic rings. The van der Waals surface area contributed by atoms with Crippen molar-refractivity contribution in [3.05, 3.63) is 0 Å². The fraction of sp³-hybridized carbons (Fsp3) is 0.917. The maximum Gasteiger partial charge on any atom is 0.226 e. The van der Waals surface area contributed by atoms with Gasteiger partial charge >= 0.3 is 0 Å². The van der Waals surface area contributed by atoms with E-state index in [1.54, 1.807) is 0 Å². The van der Waals surface area contributed by atoms with E-state index in [2.05, 4.69) is 24.5 Å². The van der Waals surface area contributed by atoms with Gasteiger partial charge in [-0.25, -0.2) is 0 Å². The van der Waals surface area contributed by atoms with E-state index in [1.807, 2.05) is 0 Å². The number of piperidine rings is 1. The quantitative estimate of drug-likeness (QED) is 0.779. The molecule has 94 valence electrons. The largest absolute Gasteiger partial charge is 0.351 e. The Bertz CT molecular complexity index is 253. The van der Waals surface area contributed by atoms with Crippen LogP contribution >= 0.6 is 12.4 Å². The number of hydrogen-bond donors (Lipinski definition) is 2. The Morgan fingerprint density at radius 2 is 2.12 bits per heavy atom. The second-order valence-electron chi connectivity index (χ2n) is 5.46. The molecule has 0 spiro atoms. The van der Waals surface area contributed by atoms with Gasteiger partial charge in [0.1, 0.15) is 0 Å². The Morgan fingerprint density at radius 3 is 2.62 bits per heavy atom. The van der Waals surface area contributed by atoms with Crippen molar-refractivity contribution in [3.8, 4) is 0 Å². The molecule has 1 heterocycles. The first kappa shape index (κ1) is 13.8. The average Bonchev–Trinajstić information content (AvgIpc) is 2.18. The summed E-state index contributed by atoms with van der Waals surface area (Å²) in [7, 11) is 0. The minimum atomic E-state index is -0.0584. The summed E-state index contributed by atoms with van der Waals surface area (Å²) in [5.41, 5.74) is -0.0584. The molecule has 2 atom stereocenters. The molecule has 2 unspecified atom stereocenters. The number of halogens is 1. The van der Waals surface area contributed by atoms with Crippen molar-refractivity contribution in [1.82, 2.24) is 10.6 Å². The second kappa shape index (κ2) is 5.37. The van der Waals surface area contributed by atoms with Crippen LogP contribution in [0.1, 0.15) is 39.5 Å². The molecule has 1 saturated heterocycles. The molecule has 3 nitrogen and oxygen atoms in total. The SMILES string of the molecule is CC1CCNCC1NC(=O)C1(C)CCC1.Cl. The smallest absolute Gasteiger partial charge is 0.226 e. The summed E-state index contributed by atoms with van der Waals surface area (Å²) >= 11 is 0. The molecule has 0 aromatic heterocycles. The predicted molar refractivity (Wildman–Crippen MR) is 67.8 cm³/mol. The molecule has 2 fully saturated rings. The first-order valence-electron chi connectivity index (χ1n) is 6.13. The Balaban J connectivity index is 0.00000128. The molecule has 16 heavy (non-hydrogen) atoms. The molecule has 1 aliphatic carbocycles. The molecule has 2 rings (SSSR count). The number of carbonyl (C=O) groups is 1. The topological polar surface area (TPSA) is 41.1 Å². The van der Waals surface area contributed by atoms with Crippen LogP contribution in [0.15, 0.2) is 0 Å². The lowest BCUT2D eigenvalue weighted by molar-refractivity contribution is -0.135. The Hall–Kier alpha value is -0.280. The fourth-order valence-corrected chi connectivity index (χ4v) is 2.46. The zero-order chi connectivity index (χ0) is 10.9. The van der Waals surface area contributed by atoms with E-state index in [-0.39, 0.29) is 23.7 Å². The van der Waals surface area contributed by atoms with Gasteiger partial charge in [0, 0.05) is 18.0 Å². The van der Waals surface area contributed by atoms with Gasteiger partial charge in [0.15, 0.2) is 0 Å². The Morgan fingerprint density at radius 1 is 1.44 bits per heavy atom. The third kappa shape index (κ3) is 2.69. The van der Waals surface area contributed by atoms with Crippen LogP contribution in [0.3, 0.4) is 0 Å². The highest BCUT2D eigenvalue weighted by Crippen LogP contribution is 2.40. The number of hydrogen-bond acceptors (Lipinski definition) is 2. The number of nitrogens with one attached hydrogen (secondary N) is 2. The van der Waals surface area contributed by atoms with Crippen LogP contribution < -0.4 is 10.6 Å². The van der Waals surface area contributed by atoms with Gasteiger partial charge in [-0.15, -0.1) is 12.4 Å². The normalized spacial score (nSPS) is 32.1. The molecule has 0 aromatic rings. The van der Waals surface area contributed by atoms with Crippen LogP contribution in [0.4, 0.5) is 0 Å². The average molecular weight is 247 g/mol. The summed E-state index contributed by atoms with van der Waals surface area (Å²) in [5, 5.41) is 6.55. The first-order valence-corrected chi connectivity index (χ1v) is 6.13. The van der Waals surface area contributed by atoms with Crippen molar-refractivity contribution in [2.75, 3.05) is 13.1 Å². The van der Waals surface area contributed by atoms with E-state index >= 15 is 0 Å². The Kier molecular flexibility index (Phi) is 4.62. The number of amides is 1. The van der Waals surface area contributed by atoms with Crippen LogP contribution in [-0.2, 0) is 4.79 Å². The van der Waals surface area contributed by atoms with Gasteiger partial charge in [-0.05, 0) is 31.7 Å². The van der Waals surface area contributed by atoms with Crippen LogP contribution in [0.2, 0.25) is 0 Å². The van der Waals surface area contributed by atoms with E-state index in [0.717, 1.165) is 25.9 Å². The minimum Gasteiger partial charge on any atom is -0.351 e. The lowest BCUT2D eigenvalue weighted by Crippen LogP contribution is -2.54. The summed E-state index contributed by atoms with van der Waals surface area (Å²) in [6.45, 7) is 6.34. The van der Waals surface area contributed by atoms with Gasteiger partial charge in [0.25, 0.3) is 0 Å². The highest BCUT2D eigenvalue weighted by Gasteiger charge is 2.40. The van der Waals surface area contributed by atoms with Gasteiger partial charge < -0.3 is 10.6 Å². The molecular weight excluding hydrogens is 224 g/mol. The van der Waals surface area contributed by atoms with Crippen molar-refractivity contribution < 1.29 is 4.79 Å². The zero-order valence-corrected chi connectivity index (χ0v) is 11.0. The van der Waals surface area contributed by atoms with Crippen LogP contribution in [-0.4, -0.2) is 25.0 Å². The number of carbonyl (C=O) groups excluding carboxylic acids is 1. The van der Waals surface area contributed by atoms with Crippen molar-refractivity contribution in [3.63, 3.8) is 0 Å². The second-order valence-corrected chi connectivity index (χ2v) is 5.46. The molecule has 0 bridgehead atoms. The molecule has 1 saturated carbocycles.